The number of carbonyl (C=O) groups is 1. The summed E-state index contributed by atoms with van der Waals surface area (Å²) in [5.74, 6) is 0.689. The maximum absolute atomic E-state index is 12.1. The van der Waals surface area contributed by atoms with Gasteiger partial charge in [-0.3, -0.25) is 9.78 Å². The van der Waals surface area contributed by atoms with Crippen LogP contribution in [0.1, 0.15) is 23.4 Å². The smallest absolute Gasteiger partial charge is 0.226 e. The number of nitrogens with zero attached hydrogens (tertiary/aromatic N) is 3. The van der Waals surface area contributed by atoms with E-state index >= 15 is 0 Å². The van der Waals surface area contributed by atoms with Gasteiger partial charge in [0.25, 0.3) is 0 Å². The Labute approximate surface area is 137 Å². The molecule has 6 nitrogen and oxygen atoms in total. The Morgan fingerprint density at radius 3 is 2.87 bits per heavy atom. The molecule has 1 amide bonds. The first-order valence-corrected chi connectivity index (χ1v) is 8.10. The standard InChI is InChI=1S/C16H16N4O2S/c1-10-12(11(2)22-20-10)6-7-15(21)19-16-18-14(9-23-16)13-5-3-4-8-17-13/h3-5,8-9H,6-7H2,1-2H3,(H,18,19,21). The minimum Gasteiger partial charge on any atom is -0.361 e. The lowest BCUT2D eigenvalue weighted by molar-refractivity contribution is -0.116. The molecule has 0 aliphatic heterocycles. The highest BCUT2D eigenvalue weighted by atomic mass is 32.1. The zero-order valence-corrected chi connectivity index (χ0v) is 13.7. The van der Waals surface area contributed by atoms with Crippen molar-refractivity contribution in [3.8, 4) is 11.4 Å². The summed E-state index contributed by atoms with van der Waals surface area (Å²) >= 11 is 1.39. The summed E-state index contributed by atoms with van der Waals surface area (Å²) in [6, 6.07) is 5.65. The number of hydrogen-bond acceptors (Lipinski definition) is 6. The van der Waals surface area contributed by atoms with E-state index in [1.807, 2.05) is 37.4 Å². The topological polar surface area (TPSA) is 80.9 Å². The summed E-state index contributed by atoms with van der Waals surface area (Å²) in [6.45, 7) is 3.73. The molecule has 0 fully saturated rings. The summed E-state index contributed by atoms with van der Waals surface area (Å²) in [4.78, 5) is 20.7. The molecule has 0 spiro atoms. The van der Waals surface area contributed by atoms with Gasteiger partial charge in [0.1, 0.15) is 11.5 Å². The van der Waals surface area contributed by atoms with E-state index in [2.05, 4.69) is 20.4 Å². The van der Waals surface area contributed by atoms with Crippen LogP contribution in [0.3, 0.4) is 0 Å². The van der Waals surface area contributed by atoms with E-state index in [1.165, 1.54) is 11.3 Å². The lowest BCUT2D eigenvalue weighted by Gasteiger charge is -2.01. The molecule has 0 saturated carbocycles. The number of nitrogens with one attached hydrogen (secondary N) is 1. The van der Waals surface area contributed by atoms with Crippen LogP contribution in [0.25, 0.3) is 11.4 Å². The highest BCUT2D eigenvalue weighted by molar-refractivity contribution is 7.14. The monoisotopic (exact) mass is 328 g/mol. The van der Waals surface area contributed by atoms with E-state index in [9.17, 15) is 4.79 Å². The summed E-state index contributed by atoms with van der Waals surface area (Å²) in [5.41, 5.74) is 3.38. The summed E-state index contributed by atoms with van der Waals surface area (Å²) in [6.07, 6.45) is 2.68. The lowest BCUT2D eigenvalue weighted by atomic mass is 10.1. The molecule has 118 valence electrons. The number of anilines is 1. The molecule has 0 bridgehead atoms. The first-order chi connectivity index (χ1) is 11.1. The average molecular weight is 328 g/mol. The summed E-state index contributed by atoms with van der Waals surface area (Å²) < 4.78 is 5.10. The van der Waals surface area contributed by atoms with Gasteiger partial charge in [0, 0.05) is 23.6 Å². The number of hydrogen-bond donors (Lipinski definition) is 1. The van der Waals surface area contributed by atoms with Crippen molar-refractivity contribution < 1.29 is 9.32 Å². The maximum Gasteiger partial charge on any atom is 0.226 e. The number of aromatic nitrogens is 3. The van der Waals surface area contributed by atoms with Gasteiger partial charge < -0.3 is 9.84 Å². The Hall–Kier alpha value is -2.54. The SMILES string of the molecule is Cc1noc(C)c1CCC(=O)Nc1nc(-c2ccccn2)cs1. The molecule has 0 atom stereocenters. The second kappa shape index (κ2) is 6.70. The van der Waals surface area contributed by atoms with E-state index in [1.54, 1.807) is 6.20 Å². The second-order valence-electron chi connectivity index (χ2n) is 5.10. The molecular weight excluding hydrogens is 312 g/mol. The Balaban J connectivity index is 1.59. The van der Waals surface area contributed by atoms with Crippen LogP contribution >= 0.6 is 11.3 Å². The number of pyridine rings is 1. The zero-order valence-electron chi connectivity index (χ0n) is 12.9. The van der Waals surface area contributed by atoms with Crippen molar-refractivity contribution in [3.05, 3.63) is 46.8 Å². The summed E-state index contributed by atoms with van der Waals surface area (Å²) in [7, 11) is 0. The van der Waals surface area contributed by atoms with E-state index in [-0.39, 0.29) is 5.91 Å². The molecule has 0 saturated heterocycles. The van der Waals surface area contributed by atoms with Crippen LogP contribution in [0.15, 0.2) is 34.3 Å². The Kier molecular flexibility index (Phi) is 4.47. The molecule has 0 aromatic carbocycles. The van der Waals surface area contributed by atoms with E-state index in [4.69, 9.17) is 4.52 Å². The number of rotatable bonds is 5. The molecule has 7 heteroatoms. The van der Waals surface area contributed by atoms with E-state index < -0.39 is 0 Å². The van der Waals surface area contributed by atoms with Gasteiger partial charge in [-0.2, -0.15) is 0 Å². The van der Waals surface area contributed by atoms with Crippen molar-refractivity contribution in [2.45, 2.75) is 26.7 Å². The third kappa shape index (κ3) is 3.62. The van der Waals surface area contributed by atoms with Crippen molar-refractivity contribution in [1.29, 1.82) is 0 Å². The second-order valence-corrected chi connectivity index (χ2v) is 5.96. The van der Waals surface area contributed by atoms with Gasteiger partial charge in [-0.15, -0.1) is 11.3 Å². The molecule has 3 rings (SSSR count). The third-order valence-electron chi connectivity index (χ3n) is 3.46. The molecule has 0 radical (unpaired) electrons. The summed E-state index contributed by atoms with van der Waals surface area (Å²) in [5, 5.41) is 9.17. The van der Waals surface area contributed by atoms with Gasteiger partial charge in [0.15, 0.2) is 5.13 Å². The van der Waals surface area contributed by atoms with Crippen molar-refractivity contribution in [3.63, 3.8) is 0 Å². The fraction of sp³-hybridized carbons (Fsp3) is 0.250. The van der Waals surface area contributed by atoms with Crippen LogP contribution in [0, 0.1) is 13.8 Å². The quantitative estimate of drug-likeness (QED) is 0.776. The number of aryl methyl sites for hydroxylation is 2. The maximum atomic E-state index is 12.1. The van der Waals surface area contributed by atoms with Crippen LogP contribution in [0.2, 0.25) is 0 Å². The largest absolute Gasteiger partial charge is 0.361 e. The van der Waals surface area contributed by atoms with E-state index in [0.717, 1.165) is 28.4 Å². The van der Waals surface area contributed by atoms with Crippen LogP contribution in [-0.2, 0) is 11.2 Å². The van der Waals surface area contributed by atoms with Gasteiger partial charge in [-0.1, -0.05) is 11.2 Å². The molecule has 0 unspecified atom stereocenters. The normalized spacial score (nSPS) is 10.7. The number of carbonyl (C=O) groups excluding carboxylic acids is 1. The molecule has 0 aliphatic carbocycles. The van der Waals surface area contributed by atoms with Crippen LogP contribution in [0.4, 0.5) is 5.13 Å². The van der Waals surface area contributed by atoms with Crippen molar-refractivity contribution in [2.75, 3.05) is 5.32 Å². The third-order valence-corrected chi connectivity index (χ3v) is 4.22. The molecule has 3 aromatic rings. The van der Waals surface area contributed by atoms with Gasteiger partial charge in [-0.05, 0) is 32.4 Å². The molecule has 1 N–H and O–H groups in total. The predicted octanol–water partition coefficient (Wildman–Crippen LogP) is 3.38. The highest BCUT2D eigenvalue weighted by Crippen LogP contribution is 2.23. The number of amides is 1. The first-order valence-electron chi connectivity index (χ1n) is 7.22. The minimum absolute atomic E-state index is 0.0769. The fourth-order valence-corrected chi connectivity index (χ4v) is 2.96. The highest BCUT2D eigenvalue weighted by Gasteiger charge is 2.13. The van der Waals surface area contributed by atoms with Gasteiger partial charge in [-0.25, -0.2) is 4.98 Å². The predicted molar refractivity (Wildman–Crippen MR) is 88.3 cm³/mol. The lowest BCUT2D eigenvalue weighted by Crippen LogP contribution is -2.12. The zero-order chi connectivity index (χ0) is 16.2. The van der Waals surface area contributed by atoms with Gasteiger partial charge in [0.05, 0.1) is 11.4 Å². The van der Waals surface area contributed by atoms with Gasteiger partial charge >= 0.3 is 0 Å². The Morgan fingerprint density at radius 2 is 2.17 bits per heavy atom. The van der Waals surface area contributed by atoms with Crippen LogP contribution < -0.4 is 5.32 Å². The fourth-order valence-electron chi connectivity index (χ4n) is 2.24. The van der Waals surface area contributed by atoms with Crippen molar-refractivity contribution >= 4 is 22.4 Å². The Bertz CT molecular complexity index is 791. The molecule has 23 heavy (non-hydrogen) atoms. The van der Waals surface area contributed by atoms with Gasteiger partial charge in [0.2, 0.25) is 5.91 Å². The van der Waals surface area contributed by atoms with Crippen LogP contribution in [-0.4, -0.2) is 21.0 Å². The van der Waals surface area contributed by atoms with Crippen LogP contribution in [0.5, 0.6) is 0 Å². The number of thiazole rings is 1. The van der Waals surface area contributed by atoms with E-state index in [0.29, 0.717) is 18.0 Å². The average Bonchev–Trinajstić information content (AvgIpc) is 3.14. The Morgan fingerprint density at radius 1 is 1.30 bits per heavy atom. The molecule has 3 aromatic heterocycles. The molecule has 0 aliphatic rings. The minimum atomic E-state index is -0.0769. The van der Waals surface area contributed by atoms with Crippen molar-refractivity contribution in [2.24, 2.45) is 0 Å². The molecule has 3 heterocycles. The van der Waals surface area contributed by atoms with Crippen molar-refractivity contribution in [1.82, 2.24) is 15.1 Å². The molecular formula is C16H16N4O2S. The first kappa shape index (κ1) is 15.4.